The fourth-order valence-corrected chi connectivity index (χ4v) is 3.16. The molecule has 0 aliphatic rings. The number of nitro benzene ring substituents is 1. The van der Waals surface area contributed by atoms with Gasteiger partial charge in [-0.1, -0.05) is 13.8 Å². The minimum Gasteiger partial charge on any atom is -0.398 e. The molecule has 0 aliphatic heterocycles. The van der Waals surface area contributed by atoms with Gasteiger partial charge in [0, 0.05) is 18.2 Å². The fraction of sp³-hybridized carbons (Fsp3) is 0.455. The summed E-state index contributed by atoms with van der Waals surface area (Å²) in [6.07, 6.45) is 1.26. The van der Waals surface area contributed by atoms with Crippen molar-refractivity contribution in [1.29, 1.82) is 0 Å². The summed E-state index contributed by atoms with van der Waals surface area (Å²) in [7, 11) is -3.85. The topological polar surface area (TPSA) is 115 Å². The van der Waals surface area contributed by atoms with Crippen molar-refractivity contribution in [3.05, 3.63) is 28.3 Å². The maximum Gasteiger partial charge on any atom is 0.270 e. The molecule has 7 nitrogen and oxygen atoms in total. The number of sulfonamides is 1. The summed E-state index contributed by atoms with van der Waals surface area (Å²) in [5, 5.41) is 10.7. The van der Waals surface area contributed by atoms with Crippen molar-refractivity contribution in [3.63, 3.8) is 0 Å². The molecule has 0 atom stereocenters. The second-order valence-electron chi connectivity index (χ2n) is 4.11. The first-order valence-corrected chi connectivity index (χ1v) is 7.36. The van der Waals surface area contributed by atoms with E-state index in [2.05, 4.69) is 4.72 Å². The van der Waals surface area contributed by atoms with Crippen LogP contribution in [0.3, 0.4) is 0 Å². The van der Waals surface area contributed by atoms with Gasteiger partial charge >= 0.3 is 0 Å². The summed E-state index contributed by atoms with van der Waals surface area (Å²) < 4.78 is 26.8. The Bertz CT molecular complexity index is 567. The normalized spacial score (nSPS) is 11.7. The van der Waals surface area contributed by atoms with Gasteiger partial charge in [0.1, 0.15) is 4.90 Å². The van der Waals surface area contributed by atoms with Gasteiger partial charge in [-0.2, -0.15) is 0 Å². The van der Waals surface area contributed by atoms with E-state index < -0.39 is 14.9 Å². The van der Waals surface area contributed by atoms with Gasteiger partial charge in [0.15, 0.2) is 0 Å². The van der Waals surface area contributed by atoms with Gasteiger partial charge in [0.25, 0.3) is 5.69 Å². The Morgan fingerprint density at radius 1 is 1.37 bits per heavy atom. The molecule has 1 rings (SSSR count). The maximum atomic E-state index is 12.1. The van der Waals surface area contributed by atoms with Gasteiger partial charge < -0.3 is 5.73 Å². The number of nitrogen functional groups attached to an aromatic ring is 1. The molecule has 0 radical (unpaired) electrons. The molecule has 0 aromatic heterocycles. The van der Waals surface area contributed by atoms with Crippen molar-refractivity contribution < 1.29 is 13.3 Å². The first-order valence-electron chi connectivity index (χ1n) is 5.88. The number of non-ortho nitro benzene ring substituents is 1. The average Bonchev–Trinajstić information content (AvgIpc) is 2.35. The van der Waals surface area contributed by atoms with Crippen molar-refractivity contribution in [2.75, 3.05) is 5.73 Å². The Kier molecular flexibility index (Phi) is 4.84. The molecule has 0 saturated carbocycles. The van der Waals surface area contributed by atoms with Gasteiger partial charge in [-0.3, -0.25) is 10.1 Å². The van der Waals surface area contributed by atoms with Crippen molar-refractivity contribution in [2.24, 2.45) is 0 Å². The number of hydrogen-bond acceptors (Lipinski definition) is 5. The minimum absolute atomic E-state index is 0.0101. The van der Waals surface area contributed by atoms with E-state index in [1.54, 1.807) is 0 Å². The van der Waals surface area contributed by atoms with Crippen LogP contribution in [0.5, 0.6) is 0 Å². The zero-order valence-corrected chi connectivity index (χ0v) is 11.6. The van der Waals surface area contributed by atoms with E-state index in [0.717, 1.165) is 6.07 Å². The van der Waals surface area contributed by atoms with E-state index in [1.165, 1.54) is 12.1 Å². The van der Waals surface area contributed by atoms with Crippen LogP contribution >= 0.6 is 0 Å². The SMILES string of the molecule is CCC(CC)NS(=O)(=O)c1cc([N+](=O)[O-])ccc1N. The summed E-state index contributed by atoms with van der Waals surface area (Å²) in [5.74, 6) is 0. The zero-order valence-electron chi connectivity index (χ0n) is 10.8. The van der Waals surface area contributed by atoms with Crippen LogP contribution in [0.4, 0.5) is 11.4 Å². The van der Waals surface area contributed by atoms with E-state index in [0.29, 0.717) is 12.8 Å². The van der Waals surface area contributed by atoms with Gasteiger partial charge in [0.2, 0.25) is 10.0 Å². The molecule has 0 bridgehead atoms. The smallest absolute Gasteiger partial charge is 0.270 e. The number of nitrogens with two attached hydrogens (primary N) is 1. The van der Waals surface area contributed by atoms with Crippen LogP contribution in [-0.2, 0) is 10.0 Å². The van der Waals surface area contributed by atoms with Gasteiger partial charge in [-0.15, -0.1) is 0 Å². The lowest BCUT2D eigenvalue weighted by Crippen LogP contribution is -2.34. The highest BCUT2D eigenvalue weighted by Gasteiger charge is 2.23. The van der Waals surface area contributed by atoms with Crippen LogP contribution in [0.2, 0.25) is 0 Å². The van der Waals surface area contributed by atoms with Crippen LogP contribution in [0, 0.1) is 10.1 Å². The highest BCUT2D eigenvalue weighted by molar-refractivity contribution is 7.89. The number of nitrogens with zero attached hydrogens (tertiary/aromatic N) is 1. The number of anilines is 1. The molecule has 106 valence electrons. The molecule has 0 amide bonds. The molecule has 1 aromatic rings. The van der Waals surface area contributed by atoms with Gasteiger partial charge in [0.05, 0.1) is 10.6 Å². The van der Waals surface area contributed by atoms with Crippen LogP contribution < -0.4 is 10.5 Å². The molecular formula is C11H17N3O4S. The van der Waals surface area contributed by atoms with E-state index >= 15 is 0 Å². The van der Waals surface area contributed by atoms with Crippen molar-refractivity contribution >= 4 is 21.4 Å². The lowest BCUT2D eigenvalue weighted by molar-refractivity contribution is -0.385. The van der Waals surface area contributed by atoms with Gasteiger partial charge in [-0.25, -0.2) is 13.1 Å². The fourth-order valence-electron chi connectivity index (χ4n) is 1.61. The van der Waals surface area contributed by atoms with Gasteiger partial charge in [-0.05, 0) is 18.9 Å². The Morgan fingerprint density at radius 3 is 2.42 bits per heavy atom. The van der Waals surface area contributed by atoms with Crippen LogP contribution in [0.1, 0.15) is 26.7 Å². The Labute approximate surface area is 112 Å². The molecule has 1 aromatic carbocycles. The van der Waals surface area contributed by atoms with Crippen LogP contribution in [0.25, 0.3) is 0 Å². The van der Waals surface area contributed by atoms with Crippen molar-refractivity contribution in [2.45, 2.75) is 37.6 Å². The first-order chi connectivity index (χ1) is 8.81. The van der Waals surface area contributed by atoms with Crippen LogP contribution in [-0.4, -0.2) is 19.4 Å². The monoisotopic (exact) mass is 287 g/mol. The van der Waals surface area contributed by atoms with Crippen LogP contribution in [0.15, 0.2) is 23.1 Å². The number of hydrogen-bond donors (Lipinski definition) is 2. The highest BCUT2D eigenvalue weighted by atomic mass is 32.2. The third-order valence-electron chi connectivity index (χ3n) is 2.80. The largest absolute Gasteiger partial charge is 0.398 e. The molecule has 3 N–H and O–H groups in total. The average molecular weight is 287 g/mol. The second kappa shape index (κ2) is 5.98. The second-order valence-corrected chi connectivity index (χ2v) is 5.80. The molecule has 0 fully saturated rings. The highest BCUT2D eigenvalue weighted by Crippen LogP contribution is 2.24. The Balaban J connectivity index is 3.20. The summed E-state index contributed by atoms with van der Waals surface area (Å²) in [4.78, 5) is 9.76. The summed E-state index contributed by atoms with van der Waals surface area (Å²) >= 11 is 0. The van der Waals surface area contributed by atoms with E-state index in [-0.39, 0.29) is 22.3 Å². The Morgan fingerprint density at radius 2 is 1.95 bits per heavy atom. The van der Waals surface area contributed by atoms with Crippen molar-refractivity contribution in [3.8, 4) is 0 Å². The quantitative estimate of drug-likeness (QED) is 0.469. The van der Waals surface area contributed by atoms with E-state index in [9.17, 15) is 18.5 Å². The minimum atomic E-state index is -3.85. The molecule has 0 heterocycles. The molecule has 0 aliphatic carbocycles. The summed E-state index contributed by atoms with van der Waals surface area (Å²) in [6.45, 7) is 3.71. The maximum absolute atomic E-state index is 12.1. The predicted molar refractivity (Wildman–Crippen MR) is 72.2 cm³/mol. The number of nitro groups is 1. The third kappa shape index (κ3) is 3.65. The van der Waals surface area contributed by atoms with Crippen molar-refractivity contribution in [1.82, 2.24) is 4.72 Å². The number of benzene rings is 1. The zero-order chi connectivity index (χ0) is 14.6. The molecule has 8 heteroatoms. The Hall–Kier alpha value is -1.67. The lowest BCUT2D eigenvalue weighted by atomic mass is 10.2. The lowest BCUT2D eigenvalue weighted by Gasteiger charge is -2.15. The standard InChI is InChI=1S/C11H17N3O4S/c1-3-8(4-2)13-19(17,18)11-7-9(14(15)16)5-6-10(11)12/h5-8,13H,3-4,12H2,1-2H3. The first kappa shape index (κ1) is 15.4. The molecule has 19 heavy (non-hydrogen) atoms. The molecule has 0 saturated heterocycles. The summed E-state index contributed by atoms with van der Waals surface area (Å²) in [5.41, 5.74) is 5.28. The van der Waals surface area contributed by atoms with E-state index in [1.807, 2.05) is 13.8 Å². The predicted octanol–water partition coefficient (Wildman–Crippen LogP) is 1.64. The number of nitrogens with one attached hydrogen (secondary N) is 1. The van der Waals surface area contributed by atoms with E-state index in [4.69, 9.17) is 5.73 Å². The molecule has 0 unspecified atom stereocenters. The number of rotatable bonds is 6. The molecule has 0 spiro atoms. The third-order valence-corrected chi connectivity index (χ3v) is 4.38. The summed E-state index contributed by atoms with van der Waals surface area (Å²) in [6, 6.07) is 3.15. The molecular weight excluding hydrogens is 270 g/mol.